The van der Waals surface area contributed by atoms with Crippen molar-refractivity contribution in [1.29, 1.82) is 0 Å². The molecule has 3 nitrogen and oxygen atoms in total. The third-order valence-electron chi connectivity index (χ3n) is 3.34. The van der Waals surface area contributed by atoms with E-state index >= 15 is 0 Å². The Morgan fingerprint density at radius 1 is 1.15 bits per heavy atom. The number of Topliss-reactive ketones (excluding diaryl/α,β-unsaturated/α-hetero) is 1. The zero-order valence-corrected chi connectivity index (χ0v) is 11.2. The van der Waals surface area contributed by atoms with Gasteiger partial charge >= 0.3 is 0 Å². The van der Waals surface area contributed by atoms with E-state index in [4.69, 9.17) is 11.6 Å². The number of aromatic hydroxyl groups is 2. The van der Waals surface area contributed by atoms with Crippen LogP contribution in [0.4, 0.5) is 0 Å². The summed E-state index contributed by atoms with van der Waals surface area (Å²) < 4.78 is 0. The Bertz CT molecular complexity index is 724. The Labute approximate surface area is 120 Å². The van der Waals surface area contributed by atoms with Crippen LogP contribution in [-0.2, 0) is 6.42 Å². The van der Waals surface area contributed by atoms with Crippen LogP contribution in [0.15, 0.2) is 42.0 Å². The first-order chi connectivity index (χ1) is 9.56. The molecule has 20 heavy (non-hydrogen) atoms. The van der Waals surface area contributed by atoms with Gasteiger partial charge in [0.25, 0.3) is 0 Å². The average Bonchev–Trinajstić information content (AvgIpc) is 2.73. The molecule has 1 aliphatic carbocycles. The number of phenolic OH excluding ortho intramolecular Hbond substituents is 2. The quantitative estimate of drug-likeness (QED) is 0.622. The fourth-order valence-corrected chi connectivity index (χ4v) is 2.58. The maximum absolute atomic E-state index is 12.2. The lowest BCUT2D eigenvalue weighted by Gasteiger charge is -2.03. The van der Waals surface area contributed by atoms with Crippen LogP contribution in [0.3, 0.4) is 0 Å². The molecule has 0 fully saturated rings. The van der Waals surface area contributed by atoms with Gasteiger partial charge in [-0.05, 0) is 29.3 Å². The number of carbonyl (C=O) groups excluding carboxylic acids is 1. The monoisotopic (exact) mass is 286 g/mol. The van der Waals surface area contributed by atoms with Gasteiger partial charge < -0.3 is 10.2 Å². The van der Waals surface area contributed by atoms with Gasteiger partial charge in [-0.1, -0.05) is 35.9 Å². The van der Waals surface area contributed by atoms with Gasteiger partial charge in [0.05, 0.1) is 5.02 Å². The number of halogens is 1. The molecule has 0 amide bonds. The van der Waals surface area contributed by atoms with Crippen LogP contribution in [0.2, 0.25) is 5.02 Å². The highest BCUT2D eigenvalue weighted by Crippen LogP contribution is 2.35. The van der Waals surface area contributed by atoms with Gasteiger partial charge in [0.2, 0.25) is 0 Å². The molecular formula is C16H11ClO3. The van der Waals surface area contributed by atoms with Crippen LogP contribution in [-0.4, -0.2) is 16.0 Å². The highest BCUT2D eigenvalue weighted by molar-refractivity contribution is 6.32. The fourth-order valence-electron chi connectivity index (χ4n) is 2.36. The number of carbonyl (C=O) groups is 1. The molecule has 0 saturated carbocycles. The Morgan fingerprint density at radius 3 is 2.60 bits per heavy atom. The standard InChI is InChI=1S/C16H11ClO3/c17-13-6-9(7-14(18)16(13)20)5-11-8-10-3-1-2-4-12(10)15(11)19/h1-7,18,20H,8H2/b11-5+. The largest absolute Gasteiger partial charge is 0.504 e. The Morgan fingerprint density at radius 2 is 1.90 bits per heavy atom. The second-order valence-corrected chi connectivity index (χ2v) is 5.11. The third kappa shape index (κ3) is 2.06. The van der Waals surface area contributed by atoms with Crippen molar-refractivity contribution < 1.29 is 15.0 Å². The third-order valence-corrected chi connectivity index (χ3v) is 3.63. The van der Waals surface area contributed by atoms with Gasteiger partial charge in [-0.3, -0.25) is 4.79 Å². The summed E-state index contributed by atoms with van der Waals surface area (Å²) in [5.41, 5.74) is 2.94. The minimum atomic E-state index is -0.352. The first kappa shape index (κ1) is 12.8. The average molecular weight is 287 g/mol. The number of fused-ring (bicyclic) bond motifs is 1. The zero-order valence-electron chi connectivity index (χ0n) is 10.4. The van der Waals surface area contributed by atoms with Gasteiger partial charge in [0, 0.05) is 17.6 Å². The summed E-state index contributed by atoms with van der Waals surface area (Å²) in [5.74, 6) is -0.661. The first-order valence-electron chi connectivity index (χ1n) is 6.11. The van der Waals surface area contributed by atoms with Crippen LogP contribution in [0.5, 0.6) is 11.5 Å². The van der Waals surface area contributed by atoms with Crippen molar-refractivity contribution in [3.05, 3.63) is 63.7 Å². The lowest BCUT2D eigenvalue weighted by Crippen LogP contribution is -1.94. The molecule has 2 aromatic rings. The molecule has 0 aliphatic heterocycles. The summed E-state index contributed by atoms with van der Waals surface area (Å²) in [6.07, 6.45) is 2.25. The maximum atomic E-state index is 12.2. The molecule has 0 atom stereocenters. The normalized spacial score (nSPS) is 15.7. The second kappa shape index (κ2) is 4.69. The predicted octanol–water partition coefficient (Wildman–Crippen LogP) is 3.57. The van der Waals surface area contributed by atoms with Crippen LogP contribution >= 0.6 is 11.6 Å². The molecule has 0 unspecified atom stereocenters. The summed E-state index contributed by atoms with van der Waals surface area (Å²) in [6, 6.07) is 10.4. The molecule has 2 aromatic carbocycles. The van der Waals surface area contributed by atoms with Crippen LogP contribution in [0.1, 0.15) is 21.5 Å². The molecule has 0 heterocycles. The lowest BCUT2D eigenvalue weighted by atomic mass is 10.1. The molecule has 0 radical (unpaired) electrons. The predicted molar refractivity (Wildman–Crippen MR) is 77.2 cm³/mol. The van der Waals surface area contributed by atoms with E-state index in [-0.39, 0.29) is 22.3 Å². The van der Waals surface area contributed by atoms with Crippen molar-refractivity contribution in [1.82, 2.24) is 0 Å². The van der Waals surface area contributed by atoms with Gasteiger partial charge in [-0.2, -0.15) is 0 Å². The Kier molecular flexibility index (Phi) is 2.99. The van der Waals surface area contributed by atoms with Crippen molar-refractivity contribution in [3.63, 3.8) is 0 Å². The van der Waals surface area contributed by atoms with E-state index in [1.165, 1.54) is 12.1 Å². The van der Waals surface area contributed by atoms with E-state index in [2.05, 4.69) is 0 Å². The molecule has 100 valence electrons. The molecular weight excluding hydrogens is 276 g/mol. The number of allylic oxidation sites excluding steroid dienone is 1. The molecule has 0 spiro atoms. The molecule has 0 aromatic heterocycles. The maximum Gasteiger partial charge on any atom is 0.189 e. The van der Waals surface area contributed by atoms with Crippen molar-refractivity contribution in [2.24, 2.45) is 0 Å². The molecule has 4 heteroatoms. The van der Waals surface area contributed by atoms with E-state index in [9.17, 15) is 15.0 Å². The van der Waals surface area contributed by atoms with E-state index < -0.39 is 0 Å². The number of benzene rings is 2. The van der Waals surface area contributed by atoms with Crippen molar-refractivity contribution in [2.75, 3.05) is 0 Å². The Hall–Kier alpha value is -2.26. The van der Waals surface area contributed by atoms with Gasteiger partial charge in [-0.15, -0.1) is 0 Å². The number of ketones is 1. The van der Waals surface area contributed by atoms with Gasteiger partial charge in [0.15, 0.2) is 17.3 Å². The number of hydrogen-bond acceptors (Lipinski definition) is 3. The molecule has 2 N–H and O–H groups in total. The summed E-state index contributed by atoms with van der Waals surface area (Å²) >= 11 is 5.81. The second-order valence-electron chi connectivity index (χ2n) is 4.70. The van der Waals surface area contributed by atoms with E-state index in [1.807, 2.05) is 18.2 Å². The molecule has 0 bridgehead atoms. The smallest absolute Gasteiger partial charge is 0.189 e. The lowest BCUT2D eigenvalue weighted by molar-refractivity contribution is 0.104. The Balaban J connectivity index is 2.02. The van der Waals surface area contributed by atoms with E-state index in [1.54, 1.807) is 12.1 Å². The summed E-state index contributed by atoms with van der Waals surface area (Å²) in [4.78, 5) is 12.2. The van der Waals surface area contributed by atoms with Crippen molar-refractivity contribution >= 4 is 23.5 Å². The fraction of sp³-hybridized carbons (Fsp3) is 0.0625. The van der Waals surface area contributed by atoms with Gasteiger partial charge in [0.1, 0.15) is 0 Å². The topological polar surface area (TPSA) is 57.5 Å². The summed E-state index contributed by atoms with van der Waals surface area (Å²) in [6.45, 7) is 0. The van der Waals surface area contributed by atoms with Crippen LogP contribution in [0.25, 0.3) is 6.08 Å². The number of phenols is 2. The molecule has 0 saturated heterocycles. The highest BCUT2D eigenvalue weighted by atomic mass is 35.5. The summed E-state index contributed by atoms with van der Waals surface area (Å²) in [5, 5.41) is 19.0. The van der Waals surface area contributed by atoms with E-state index in [0.29, 0.717) is 23.1 Å². The molecule has 1 aliphatic rings. The van der Waals surface area contributed by atoms with Gasteiger partial charge in [-0.25, -0.2) is 0 Å². The number of rotatable bonds is 1. The highest BCUT2D eigenvalue weighted by Gasteiger charge is 2.24. The summed E-state index contributed by atoms with van der Waals surface area (Å²) in [7, 11) is 0. The minimum Gasteiger partial charge on any atom is -0.504 e. The van der Waals surface area contributed by atoms with Crippen molar-refractivity contribution in [2.45, 2.75) is 6.42 Å². The molecule has 3 rings (SSSR count). The van der Waals surface area contributed by atoms with Crippen molar-refractivity contribution in [3.8, 4) is 11.5 Å². The number of hydrogen-bond donors (Lipinski definition) is 2. The SMILES string of the molecule is O=C1/C(=C/c2cc(O)c(O)c(Cl)c2)Cc2ccccc21. The van der Waals surface area contributed by atoms with Crippen LogP contribution in [0, 0.1) is 0 Å². The first-order valence-corrected chi connectivity index (χ1v) is 6.48. The minimum absolute atomic E-state index is 0.00992. The zero-order chi connectivity index (χ0) is 14.3. The van der Waals surface area contributed by atoms with Crippen LogP contribution < -0.4 is 0 Å². The van der Waals surface area contributed by atoms with E-state index in [0.717, 1.165) is 5.56 Å².